The predicted octanol–water partition coefficient (Wildman–Crippen LogP) is 1.94. The minimum atomic E-state index is -1.07. The van der Waals surface area contributed by atoms with E-state index in [1.54, 1.807) is 18.3 Å². The molecule has 1 aromatic heterocycles. The lowest BCUT2D eigenvalue weighted by Gasteiger charge is -2.16. The molecule has 6 nitrogen and oxygen atoms in total. The molecular formula is C9H11BrN4O2. The van der Waals surface area contributed by atoms with Crippen LogP contribution >= 0.6 is 15.9 Å². The first-order valence-electron chi connectivity index (χ1n) is 4.63. The molecule has 0 saturated carbocycles. The number of rotatable bonds is 5. The third-order valence-corrected chi connectivity index (χ3v) is 2.47. The van der Waals surface area contributed by atoms with Gasteiger partial charge in [0.25, 0.3) is 0 Å². The highest BCUT2D eigenvalue weighted by Gasteiger charge is 2.18. The first-order chi connectivity index (χ1) is 7.65. The van der Waals surface area contributed by atoms with Crippen LogP contribution in [0.3, 0.4) is 0 Å². The highest BCUT2D eigenvalue weighted by molar-refractivity contribution is 9.10. The summed E-state index contributed by atoms with van der Waals surface area (Å²) < 4.78 is 0.798. The summed E-state index contributed by atoms with van der Waals surface area (Å²) in [5.41, 5.74) is 8.45. The molecule has 86 valence electrons. The molecule has 0 fully saturated rings. The first-order valence-corrected chi connectivity index (χ1v) is 5.43. The first kappa shape index (κ1) is 12.9. The number of halogens is 1. The Morgan fingerprint density at radius 3 is 2.81 bits per heavy atom. The molecule has 2 atom stereocenters. The fourth-order valence-electron chi connectivity index (χ4n) is 1.15. The van der Waals surface area contributed by atoms with E-state index in [4.69, 9.17) is 5.53 Å². The summed E-state index contributed by atoms with van der Waals surface area (Å²) in [4.78, 5) is 6.53. The molecule has 2 N–H and O–H groups in total. The summed E-state index contributed by atoms with van der Waals surface area (Å²) in [5.74, 6) is 0. The molecule has 1 aromatic rings. The van der Waals surface area contributed by atoms with Gasteiger partial charge in [0.1, 0.15) is 6.10 Å². The van der Waals surface area contributed by atoms with Crippen molar-refractivity contribution in [2.45, 2.75) is 18.6 Å². The van der Waals surface area contributed by atoms with Gasteiger partial charge >= 0.3 is 0 Å². The Hall–Kier alpha value is -1.14. The third kappa shape index (κ3) is 3.79. The minimum absolute atomic E-state index is 0.144. The fourth-order valence-corrected chi connectivity index (χ4v) is 1.39. The number of pyridine rings is 1. The standard InChI is InChI=1S/C9H11BrN4O2/c10-6-1-2-7(12-5-6)9(16)8(15)3-4-13-14-11/h1-2,5,8-9,15-16H,3-4H2. The predicted molar refractivity (Wildman–Crippen MR) is 61.5 cm³/mol. The Labute approximate surface area is 101 Å². The number of aliphatic hydroxyl groups is 2. The molecule has 0 aliphatic heterocycles. The molecule has 0 aliphatic carbocycles. The second-order valence-electron chi connectivity index (χ2n) is 3.16. The summed E-state index contributed by atoms with van der Waals surface area (Å²) in [7, 11) is 0. The Kier molecular flexibility index (Phi) is 5.21. The maximum atomic E-state index is 9.72. The Morgan fingerprint density at radius 1 is 1.50 bits per heavy atom. The molecule has 0 aliphatic rings. The van der Waals surface area contributed by atoms with Crippen LogP contribution in [0.5, 0.6) is 0 Å². The van der Waals surface area contributed by atoms with Crippen LogP contribution in [0.1, 0.15) is 18.2 Å². The molecule has 0 amide bonds. The SMILES string of the molecule is [N-]=[N+]=NCCC(O)C(O)c1ccc(Br)cn1. The summed E-state index contributed by atoms with van der Waals surface area (Å²) in [5, 5.41) is 22.6. The molecule has 0 radical (unpaired) electrons. The van der Waals surface area contributed by atoms with E-state index in [1.165, 1.54) is 0 Å². The van der Waals surface area contributed by atoms with Crippen molar-refractivity contribution in [1.29, 1.82) is 0 Å². The molecule has 0 spiro atoms. The number of azide groups is 1. The van der Waals surface area contributed by atoms with E-state index in [1.807, 2.05) is 0 Å². The molecule has 1 rings (SSSR count). The van der Waals surface area contributed by atoms with Crippen molar-refractivity contribution >= 4 is 15.9 Å². The van der Waals surface area contributed by atoms with Gasteiger partial charge in [0.2, 0.25) is 0 Å². The van der Waals surface area contributed by atoms with Crippen LogP contribution in [0, 0.1) is 0 Å². The minimum Gasteiger partial charge on any atom is -0.390 e. The molecule has 16 heavy (non-hydrogen) atoms. The fraction of sp³-hybridized carbons (Fsp3) is 0.444. The van der Waals surface area contributed by atoms with Gasteiger partial charge in [-0.25, -0.2) is 0 Å². The third-order valence-electron chi connectivity index (χ3n) is 2.01. The van der Waals surface area contributed by atoms with Gasteiger partial charge in [0.05, 0.1) is 11.8 Å². The van der Waals surface area contributed by atoms with Crippen LogP contribution in [0.15, 0.2) is 27.9 Å². The Morgan fingerprint density at radius 2 is 2.25 bits per heavy atom. The Balaban J connectivity index is 2.58. The van der Waals surface area contributed by atoms with E-state index >= 15 is 0 Å². The van der Waals surface area contributed by atoms with Crippen LogP contribution in [-0.4, -0.2) is 27.8 Å². The zero-order valence-electron chi connectivity index (χ0n) is 8.36. The highest BCUT2D eigenvalue weighted by atomic mass is 79.9. The van der Waals surface area contributed by atoms with Crippen LogP contribution in [0.4, 0.5) is 0 Å². The van der Waals surface area contributed by atoms with Gasteiger partial charge in [-0.05, 0) is 40.0 Å². The highest BCUT2D eigenvalue weighted by Crippen LogP contribution is 2.18. The zero-order chi connectivity index (χ0) is 12.0. The van der Waals surface area contributed by atoms with Crippen molar-refractivity contribution in [2.75, 3.05) is 6.54 Å². The van der Waals surface area contributed by atoms with Crippen molar-refractivity contribution in [3.63, 3.8) is 0 Å². The van der Waals surface area contributed by atoms with Gasteiger partial charge in [0, 0.05) is 22.1 Å². The zero-order valence-corrected chi connectivity index (χ0v) is 9.95. The molecule has 2 unspecified atom stereocenters. The summed E-state index contributed by atoms with van der Waals surface area (Å²) in [6.07, 6.45) is -0.317. The van der Waals surface area contributed by atoms with Crippen LogP contribution < -0.4 is 0 Å². The van der Waals surface area contributed by atoms with Gasteiger partial charge in [0.15, 0.2) is 0 Å². The molecular weight excluding hydrogens is 276 g/mol. The topological polar surface area (TPSA) is 102 Å². The van der Waals surface area contributed by atoms with Crippen molar-refractivity contribution in [3.05, 3.63) is 38.9 Å². The summed E-state index contributed by atoms with van der Waals surface area (Å²) in [6, 6.07) is 3.34. The van der Waals surface area contributed by atoms with Gasteiger partial charge in [-0.15, -0.1) is 0 Å². The largest absolute Gasteiger partial charge is 0.390 e. The Bertz CT molecular complexity index is 378. The molecule has 0 bridgehead atoms. The average molecular weight is 287 g/mol. The van der Waals surface area contributed by atoms with E-state index in [-0.39, 0.29) is 13.0 Å². The average Bonchev–Trinajstić information content (AvgIpc) is 2.29. The van der Waals surface area contributed by atoms with Gasteiger partial charge in [-0.2, -0.15) is 0 Å². The summed E-state index contributed by atoms with van der Waals surface area (Å²) in [6.45, 7) is 0.144. The van der Waals surface area contributed by atoms with Crippen LogP contribution in [0.2, 0.25) is 0 Å². The van der Waals surface area contributed by atoms with E-state index in [0.717, 1.165) is 4.47 Å². The number of aromatic nitrogens is 1. The van der Waals surface area contributed by atoms with E-state index in [2.05, 4.69) is 30.9 Å². The van der Waals surface area contributed by atoms with Crippen LogP contribution in [-0.2, 0) is 0 Å². The number of nitrogens with zero attached hydrogens (tertiary/aromatic N) is 4. The lowest BCUT2D eigenvalue weighted by atomic mass is 10.1. The quantitative estimate of drug-likeness (QED) is 0.491. The normalized spacial score (nSPS) is 13.9. The van der Waals surface area contributed by atoms with Crippen molar-refractivity contribution in [3.8, 4) is 0 Å². The lowest BCUT2D eigenvalue weighted by molar-refractivity contribution is 0.0125. The number of aliphatic hydroxyl groups excluding tert-OH is 2. The maximum Gasteiger partial charge on any atom is 0.122 e. The maximum absolute atomic E-state index is 9.72. The van der Waals surface area contributed by atoms with Gasteiger partial charge in [-0.3, -0.25) is 4.98 Å². The van der Waals surface area contributed by atoms with Crippen molar-refractivity contribution in [1.82, 2.24) is 4.98 Å². The van der Waals surface area contributed by atoms with Crippen molar-refractivity contribution in [2.24, 2.45) is 5.11 Å². The second-order valence-corrected chi connectivity index (χ2v) is 4.07. The molecule has 0 aromatic carbocycles. The molecule has 0 saturated heterocycles. The number of hydrogen-bond acceptors (Lipinski definition) is 4. The van der Waals surface area contributed by atoms with Gasteiger partial charge in [-0.1, -0.05) is 5.11 Å². The second kappa shape index (κ2) is 6.44. The monoisotopic (exact) mass is 286 g/mol. The molecule has 7 heteroatoms. The lowest BCUT2D eigenvalue weighted by Crippen LogP contribution is -2.20. The van der Waals surface area contributed by atoms with E-state index in [9.17, 15) is 10.2 Å². The van der Waals surface area contributed by atoms with Gasteiger partial charge < -0.3 is 10.2 Å². The van der Waals surface area contributed by atoms with E-state index in [0.29, 0.717) is 5.69 Å². The molecule has 1 heterocycles. The number of hydrogen-bond donors (Lipinski definition) is 2. The van der Waals surface area contributed by atoms with Crippen LogP contribution in [0.25, 0.3) is 10.4 Å². The summed E-state index contributed by atoms with van der Waals surface area (Å²) >= 11 is 3.22. The smallest absolute Gasteiger partial charge is 0.122 e. The van der Waals surface area contributed by atoms with E-state index < -0.39 is 12.2 Å². The van der Waals surface area contributed by atoms with Crippen molar-refractivity contribution < 1.29 is 10.2 Å².